The number of ether oxygens (including phenoxy) is 2. The lowest BCUT2D eigenvalue weighted by Crippen LogP contribution is -2.55. The molecule has 1 aromatic rings. The van der Waals surface area contributed by atoms with Crippen LogP contribution in [0.2, 0.25) is 0 Å². The zero-order chi connectivity index (χ0) is 20.9. The van der Waals surface area contributed by atoms with Crippen molar-refractivity contribution in [3.05, 3.63) is 24.3 Å². The van der Waals surface area contributed by atoms with Crippen LogP contribution >= 0.6 is 0 Å². The average molecular weight is 416 g/mol. The number of imide groups is 1. The number of para-hydroxylation sites is 2. The van der Waals surface area contributed by atoms with Crippen LogP contribution in [0.4, 0.5) is 10.5 Å². The highest BCUT2D eigenvalue weighted by atomic mass is 16.5. The summed E-state index contributed by atoms with van der Waals surface area (Å²) < 4.78 is 11.3. The van der Waals surface area contributed by atoms with Gasteiger partial charge in [0.15, 0.2) is 6.10 Å². The van der Waals surface area contributed by atoms with E-state index in [0.717, 1.165) is 31.4 Å². The summed E-state index contributed by atoms with van der Waals surface area (Å²) in [5.74, 6) is 0.0236. The van der Waals surface area contributed by atoms with Crippen LogP contribution in [0.3, 0.4) is 0 Å². The highest BCUT2D eigenvalue weighted by Crippen LogP contribution is 2.33. The molecular formula is C21H28N4O5. The molecule has 1 saturated heterocycles. The highest BCUT2D eigenvalue weighted by Gasteiger charge is 2.34. The molecule has 1 atom stereocenters. The number of morpholine rings is 1. The van der Waals surface area contributed by atoms with E-state index >= 15 is 0 Å². The summed E-state index contributed by atoms with van der Waals surface area (Å²) in [5, 5.41) is 5.26. The van der Waals surface area contributed by atoms with Crippen molar-refractivity contribution in [1.29, 1.82) is 0 Å². The van der Waals surface area contributed by atoms with Crippen LogP contribution in [0.1, 0.15) is 25.7 Å². The molecule has 1 unspecified atom stereocenters. The Kier molecular flexibility index (Phi) is 6.37. The monoisotopic (exact) mass is 416 g/mol. The second kappa shape index (κ2) is 9.34. The molecular weight excluding hydrogens is 388 g/mol. The van der Waals surface area contributed by atoms with Crippen molar-refractivity contribution in [2.75, 3.05) is 44.3 Å². The first kappa shape index (κ1) is 20.5. The zero-order valence-corrected chi connectivity index (χ0v) is 17.0. The number of anilines is 1. The van der Waals surface area contributed by atoms with Crippen LogP contribution in [-0.2, 0) is 14.3 Å². The molecule has 2 fully saturated rings. The van der Waals surface area contributed by atoms with Crippen molar-refractivity contribution in [1.82, 2.24) is 15.5 Å². The molecule has 2 heterocycles. The van der Waals surface area contributed by atoms with Gasteiger partial charge in [-0.05, 0) is 25.0 Å². The number of amides is 4. The molecule has 30 heavy (non-hydrogen) atoms. The summed E-state index contributed by atoms with van der Waals surface area (Å²) in [4.78, 5) is 41.1. The Morgan fingerprint density at radius 3 is 2.57 bits per heavy atom. The standard InChI is InChI=1S/C21H28N4O5/c26-19(23-21(28)22-15-5-1-2-6-15)14-25-13-18(20(27)24-9-11-29-12-10-24)30-17-8-4-3-7-16(17)25/h3-4,7-8,15,18H,1-2,5-6,9-14H2,(H2,22,23,26,28). The second-order valence-electron chi connectivity index (χ2n) is 7.90. The third-order valence-electron chi connectivity index (χ3n) is 5.74. The maximum absolute atomic E-state index is 12.9. The van der Waals surface area contributed by atoms with Crippen LogP contribution in [0, 0.1) is 0 Å². The van der Waals surface area contributed by atoms with E-state index in [9.17, 15) is 14.4 Å². The molecule has 0 bridgehead atoms. The van der Waals surface area contributed by atoms with E-state index in [1.807, 2.05) is 18.2 Å². The van der Waals surface area contributed by atoms with Crippen molar-refractivity contribution in [2.24, 2.45) is 0 Å². The van der Waals surface area contributed by atoms with Crippen LogP contribution in [-0.4, -0.2) is 74.3 Å². The maximum Gasteiger partial charge on any atom is 0.321 e. The van der Waals surface area contributed by atoms with E-state index in [1.165, 1.54) is 0 Å². The molecule has 9 nitrogen and oxygen atoms in total. The van der Waals surface area contributed by atoms with Gasteiger partial charge in [0.1, 0.15) is 5.75 Å². The largest absolute Gasteiger partial charge is 0.477 e. The molecule has 1 aliphatic carbocycles. The fourth-order valence-electron chi connectivity index (χ4n) is 4.20. The van der Waals surface area contributed by atoms with Crippen molar-refractivity contribution >= 4 is 23.5 Å². The van der Waals surface area contributed by atoms with Gasteiger partial charge in [0, 0.05) is 19.1 Å². The Bertz CT molecular complexity index is 789. The first-order valence-electron chi connectivity index (χ1n) is 10.6. The summed E-state index contributed by atoms with van der Waals surface area (Å²) in [6, 6.07) is 6.98. The molecule has 0 radical (unpaired) electrons. The van der Waals surface area contributed by atoms with Gasteiger partial charge in [0.25, 0.3) is 5.91 Å². The minimum absolute atomic E-state index is 0.0364. The zero-order valence-electron chi connectivity index (χ0n) is 17.0. The molecule has 2 N–H and O–H groups in total. The number of benzene rings is 1. The van der Waals surface area contributed by atoms with Gasteiger partial charge in [0.2, 0.25) is 5.91 Å². The number of hydrogen-bond donors (Lipinski definition) is 2. The number of carbonyl (C=O) groups excluding carboxylic acids is 3. The highest BCUT2D eigenvalue weighted by molar-refractivity contribution is 5.97. The third-order valence-corrected chi connectivity index (χ3v) is 5.74. The molecule has 2 aliphatic heterocycles. The lowest BCUT2D eigenvalue weighted by Gasteiger charge is -2.37. The van der Waals surface area contributed by atoms with Gasteiger partial charge < -0.3 is 24.6 Å². The average Bonchev–Trinajstić information content (AvgIpc) is 3.26. The predicted octanol–water partition coefficient (Wildman–Crippen LogP) is 0.881. The van der Waals surface area contributed by atoms with Crippen LogP contribution in [0.25, 0.3) is 0 Å². The number of fused-ring (bicyclic) bond motifs is 1. The molecule has 3 aliphatic rings. The number of nitrogens with zero attached hydrogens (tertiary/aromatic N) is 2. The van der Waals surface area contributed by atoms with Gasteiger partial charge in [-0.2, -0.15) is 0 Å². The quantitative estimate of drug-likeness (QED) is 0.756. The van der Waals surface area contributed by atoms with E-state index in [2.05, 4.69) is 10.6 Å². The molecule has 162 valence electrons. The van der Waals surface area contributed by atoms with Crippen molar-refractivity contribution in [3.8, 4) is 5.75 Å². The first-order chi connectivity index (χ1) is 14.6. The Morgan fingerprint density at radius 1 is 1.07 bits per heavy atom. The molecule has 4 amide bonds. The van der Waals surface area contributed by atoms with Gasteiger partial charge in [0.05, 0.1) is 32.0 Å². The molecule has 1 saturated carbocycles. The van der Waals surface area contributed by atoms with Crippen molar-refractivity contribution < 1.29 is 23.9 Å². The minimum atomic E-state index is -0.710. The predicted molar refractivity (Wildman–Crippen MR) is 109 cm³/mol. The number of carbonyl (C=O) groups is 3. The molecule has 1 aromatic carbocycles. The molecule has 0 aromatic heterocycles. The van der Waals surface area contributed by atoms with Gasteiger partial charge in [-0.15, -0.1) is 0 Å². The van der Waals surface area contributed by atoms with E-state index in [0.29, 0.717) is 32.1 Å². The van der Waals surface area contributed by atoms with Crippen LogP contribution in [0.15, 0.2) is 24.3 Å². The van der Waals surface area contributed by atoms with Gasteiger partial charge >= 0.3 is 6.03 Å². The van der Waals surface area contributed by atoms with Crippen LogP contribution < -0.4 is 20.3 Å². The Morgan fingerprint density at radius 2 is 1.80 bits per heavy atom. The summed E-state index contributed by atoms with van der Waals surface area (Å²) in [5.41, 5.74) is 0.731. The smallest absolute Gasteiger partial charge is 0.321 e. The van der Waals surface area contributed by atoms with E-state index in [4.69, 9.17) is 9.47 Å². The van der Waals surface area contributed by atoms with E-state index < -0.39 is 18.0 Å². The van der Waals surface area contributed by atoms with Crippen LogP contribution in [0.5, 0.6) is 5.75 Å². The lowest BCUT2D eigenvalue weighted by atomic mass is 10.1. The number of hydrogen-bond acceptors (Lipinski definition) is 6. The SMILES string of the molecule is O=C(CN1CC(C(=O)N2CCOCC2)Oc2ccccc21)NC(=O)NC1CCCC1. The number of urea groups is 1. The molecule has 4 rings (SSSR count). The first-order valence-corrected chi connectivity index (χ1v) is 10.6. The minimum Gasteiger partial charge on any atom is -0.477 e. The van der Waals surface area contributed by atoms with Gasteiger partial charge in [-0.25, -0.2) is 4.79 Å². The normalized spacial score (nSPS) is 21.5. The van der Waals surface area contributed by atoms with E-state index in [-0.39, 0.29) is 25.0 Å². The van der Waals surface area contributed by atoms with Crippen molar-refractivity contribution in [2.45, 2.75) is 37.8 Å². The number of rotatable bonds is 4. The maximum atomic E-state index is 12.9. The second-order valence-corrected chi connectivity index (χ2v) is 7.90. The Balaban J connectivity index is 1.39. The summed E-state index contributed by atoms with van der Waals surface area (Å²) >= 11 is 0. The lowest BCUT2D eigenvalue weighted by molar-refractivity contribution is -0.142. The summed E-state index contributed by atoms with van der Waals surface area (Å²) in [6.45, 7) is 2.29. The summed E-state index contributed by atoms with van der Waals surface area (Å²) in [6.07, 6.45) is 3.38. The fourth-order valence-corrected chi connectivity index (χ4v) is 4.20. The Labute approximate surface area is 175 Å². The topological polar surface area (TPSA) is 100 Å². The molecule has 0 spiro atoms. The van der Waals surface area contributed by atoms with E-state index in [1.54, 1.807) is 15.9 Å². The molecule has 9 heteroatoms. The third kappa shape index (κ3) is 4.84. The van der Waals surface area contributed by atoms with Gasteiger partial charge in [-0.3, -0.25) is 14.9 Å². The van der Waals surface area contributed by atoms with Crippen molar-refractivity contribution in [3.63, 3.8) is 0 Å². The summed E-state index contributed by atoms with van der Waals surface area (Å²) in [7, 11) is 0. The number of nitrogens with one attached hydrogen (secondary N) is 2. The van der Waals surface area contributed by atoms with Gasteiger partial charge in [-0.1, -0.05) is 25.0 Å². The fraction of sp³-hybridized carbons (Fsp3) is 0.571. The Hall–Kier alpha value is -2.81.